The number of hydrogen-bond acceptors (Lipinski definition) is 5. The van der Waals surface area contributed by atoms with Crippen LogP contribution < -0.4 is 21.7 Å². The second-order valence-electron chi connectivity index (χ2n) is 7.57. The van der Waals surface area contributed by atoms with Gasteiger partial charge in [0.15, 0.2) is 0 Å². The van der Waals surface area contributed by atoms with Gasteiger partial charge in [0.05, 0.1) is 0 Å². The highest BCUT2D eigenvalue weighted by Gasteiger charge is 2.29. The zero-order chi connectivity index (χ0) is 23.8. The van der Waals surface area contributed by atoms with Crippen LogP contribution in [0, 0.1) is 0 Å². The van der Waals surface area contributed by atoms with Gasteiger partial charge in [0.25, 0.3) is 0 Å². The molecular formula is C23H26N4O6. The van der Waals surface area contributed by atoms with Crippen molar-refractivity contribution in [2.75, 3.05) is 19.7 Å². The molecule has 1 aliphatic carbocycles. The summed E-state index contributed by atoms with van der Waals surface area (Å²) in [7, 11) is 0. The number of carbonyl (C=O) groups excluding carboxylic acids is 3. The van der Waals surface area contributed by atoms with E-state index in [0.717, 1.165) is 22.3 Å². The number of rotatable bonds is 10. The number of urea groups is 1. The number of ether oxygens (including phenoxy) is 1. The Morgan fingerprint density at radius 1 is 0.970 bits per heavy atom. The molecule has 0 radical (unpaired) electrons. The first kappa shape index (κ1) is 23.6. The Bertz CT molecular complexity index is 996. The number of amides is 4. The molecule has 0 aromatic heterocycles. The standard InChI is InChI=1S/C23H26N4O6/c24-22(31)25-11-5-10-19(21(29)30)27-20(28)12-26-23(32)33-13-18-16-8-3-1-6-14(16)15-7-2-4-9-17(15)18/h1-4,6-9,18-19H,5,10-13H2,(H,26,32)(H,27,28)(H,29,30)(H3,24,25,31)/t19-/m0/s1. The van der Waals surface area contributed by atoms with Gasteiger partial charge in [-0.15, -0.1) is 0 Å². The molecular weight excluding hydrogens is 428 g/mol. The van der Waals surface area contributed by atoms with E-state index in [0.29, 0.717) is 6.42 Å². The van der Waals surface area contributed by atoms with Gasteiger partial charge in [-0.25, -0.2) is 14.4 Å². The summed E-state index contributed by atoms with van der Waals surface area (Å²) in [4.78, 5) is 46.1. The third-order valence-corrected chi connectivity index (χ3v) is 5.34. The predicted molar refractivity (Wildman–Crippen MR) is 119 cm³/mol. The van der Waals surface area contributed by atoms with E-state index in [1.54, 1.807) is 0 Å². The Morgan fingerprint density at radius 2 is 1.58 bits per heavy atom. The third kappa shape index (κ3) is 6.22. The molecule has 0 fully saturated rings. The van der Waals surface area contributed by atoms with Crippen molar-refractivity contribution in [3.05, 3.63) is 59.7 Å². The lowest BCUT2D eigenvalue weighted by molar-refractivity contribution is -0.141. The summed E-state index contributed by atoms with van der Waals surface area (Å²) in [6, 6.07) is 14.0. The predicted octanol–water partition coefficient (Wildman–Crippen LogP) is 1.54. The maximum Gasteiger partial charge on any atom is 0.407 e. The number of hydrogen-bond donors (Lipinski definition) is 5. The molecule has 0 saturated heterocycles. The number of carboxylic acids is 1. The lowest BCUT2D eigenvalue weighted by atomic mass is 9.98. The largest absolute Gasteiger partial charge is 0.480 e. The van der Waals surface area contributed by atoms with Crippen LogP contribution in [0.1, 0.15) is 29.9 Å². The van der Waals surface area contributed by atoms with Crippen molar-refractivity contribution >= 4 is 24.0 Å². The Balaban J connectivity index is 1.46. The number of carboxylic acid groups (broad SMARTS) is 1. The van der Waals surface area contributed by atoms with Gasteiger partial charge >= 0.3 is 18.1 Å². The maximum absolute atomic E-state index is 12.1. The quantitative estimate of drug-likeness (QED) is 0.342. The molecule has 0 spiro atoms. The fourth-order valence-corrected chi connectivity index (χ4v) is 3.82. The molecule has 2 aromatic rings. The molecule has 0 aliphatic heterocycles. The zero-order valence-electron chi connectivity index (χ0n) is 17.9. The molecule has 0 heterocycles. The van der Waals surface area contributed by atoms with Crippen molar-refractivity contribution in [1.29, 1.82) is 0 Å². The Labute approximate surface area is 190 Å². The summed E-state index contributed by atoms with van der Waals surface area (Å²) in [6.45, 7) is -0.140. The van der Waals surface area contributed by atoms with E-state index in [2.05, 4.69) is 16.0 Å². The average molecular weight is 454 g/mol. The molecule has 6 N–H and O–H groups in total. The van der Waals surface area contributed by atoms with Crippen LogP contribution in [0.4, 0.5) is 9.59 Å². The number of benzene rings is 2. The van der Waals surface area contributed by atoms with Gasteiger partial charge in [0.2, 0.25) is 5.91 Å². The molecule has 1 atom stereocenters. The number of alkyl carbamates (subject to hydrolysis) is 1. The minimum absolute atomic E-state index is 0.0896. The van der Waals surface area contributed by atoms with Crippen LogP contribution >= 0.6 is 0 Å². The Kier molecular flexibility index (Phi) is 7.85. The fourth-order valence-electron chi connectivity index (χ4n) is 3.82. The number of fused-ring (bicyclic) bond motifs is 3. The van der Waals surface area contributed by atoms with Crippen molar-refractivity contribution < 1.29 is 29.0 Å². The Morgan fingerprint density at radius 3 is 2.15 bits per heavy atom. The summed E-state index contributed by atoms with van der Waals surface area (Å²) >= 11 is 0. The van der Waals surface area contributed by atoms with Crippen LogP contribution in [0.15, 0.2) is 48.5 Å². The van der Waals surface area contributed by atoms with Crippen molar-refractivity contribution in [3.63, 3.8) is 0 Å². The monoisotopic (exact) mass is 454 g/mol. The maximum atomic E-state index is 12.1. The number of primary amides is 1. The minimum atomic E-state index is -1.22. The first-order chi connectivity index (χ1) is 15.9. The lowest BCUT2D eigenvalue weighted by Crippen LogP contribution is -2.46. The number of aliphatic carboxylic acids is 1. The number of nitrogens with one attached hydrogen (secondary N) is 3. The lowest BCUT2D eigenvalue weighted by Gasteiger charge is -2.16. The molecule has 0 unspecified atom stereocenters. The van der Waals surface area contributed by atoms with E-state index in [1.807, 2.05) is 48.5 Å². The van der Waals surface area contributed by atoms with Gasteiger partial charge in [-0.05, 0) is 35.1 Å². The van der Waals surface area contributed by atoms with E-state index in [9.17, 15) is 24.3 Å². The molecule has 10 nitrogen and oxygen atoms in total. The van der Waals surface area contributed by atoms with Crippen molar-refractivity contribution in [1.82, 2.24) is 16.0 Å². The van der Waals surface area contributed by atoms with Crippen molar-refractivity contribution in [2.45, 2.75) is 24.8 Å². The molecule has 0 saturated carbocycles. The summed E-state index contributed by atoms with van der Waals surface area (Å²) in [5.74, 6) is -2.00. The summed E-state index contributed by atoms with van der Waals surface area (Å²) in [5.41, 5.74) is 9.29. The van der Waals surface area contributed by atoms with Gasteiger partial charge in [0.1, 0.15) is 19.2 Å². The first-order valence-electron chi connectivity index (χ1n) is 10.5. The number of carbonyl (C=O) groups is 4. The Hall–Kier alpha value is -4.08. The highest BCUT2D eigenvalue weighted by Crippen LogP contribution is 2.44. The van der Waals surface area contributed by atoms with Crippen LogP contribution in [-0.2, 0) is 14.3 Å². The summed E-state index contributed by atoms with van der Waals surface area (Å²) < 4.78 is 5.35. The molecule has 4 amide bonds. The van der Waals surface area contributed by atoms with Gasteiger partial charge in [-0.2, -0.15) is 0 Å². The minimum Gasteiger partial charge on any atom is -0.480 e. The molecule has 0 bridgehead atoms. The zero-order valence-corrected chi connectivity index (χ0v) is 17.9. The molecule has 33 heavy (non-hydrogen) atoms. The van der Waals surface area contributed by atoms with Crippen molar-refractivity contribution in [3.8, 4) is 11.1 Å². The van der Waals surface area contributed by atoms with Gasteiger partial charge < -0.3 is 31.5 Å². The highest BCUT2D eigenvalue weighted by atomic mass is 16.5. The second-order valence-corrected chi connectivity index (χ2v) is 7.57. The molecule has 2 aromatic carbocycles. The van der Waals surface area contributed by atoms with Crippen LogP contribution in [-0.4, -0.2) is 54.8 Å². The normalized spacial score (nSPS) is 12.7. The van der Waals surface area contributed by atoms with Crippen LogP contribution in [0.2, 0.25) is 0 Å². The third-order valence-electron chi connectivity index (χ3n) is 5.34. The van der Waals surface area contributed by atoms with E-state index < -0.39 is 36.6 Å². The van der Waals surface area contributed by atoms with E-state index in [-0.39, 0.29) is 25.5 Å². The second kappa shape index (κ2) is 11.0. The SMILES string of the molecule is NC(=O)NCCC[C@H](NC(=O)CNC(=O)OCC1c2ccccc2-c2ccccc21)C(=O)O. The summed E-state index contributed by atoms with van der Waals surface area (Å²) in [5, 5.41) is 16.2. The average Bonchev–Trinajstić information content (AvgIpc) is 3.11. The number of nitrogens with two attached hydrogens (primary N) is 1. The van der Waals surface area contributed by atoms with Gasteiger partial charge in [0, 0.05) is 12.5 Å². The topological polar surface area (TPSA) is 160 Å². The van der Waals surface area contributed by atoms with E-state index >= 15 is 0 Å². The molecule has 10 heteroatoms. The van der Waals surface area contributed by atoms with E-state index in [4.69, 9.17) is 10.5 Å². The molecule has 174 valence electrons. The van der Waals surface area contributed by atoms with Crippen molar-refractivity contribution in [2.24, 2.45) is 5.73 Å². The van der Waals surface area contributed by atoms with E-state index in [1.165, 1.54) is 0 Å². The van der Waals surface area contributed by atoms with Crippen LogP contribution in [0.5, 0.6) is 0 Å². The first-order valence-corrected chi connectivity index (χ1v) is 10.5. The highest BCUT2D eigenvalue weighted by molar-refractivity contribution is 5.86. The summed E-state index contributed by atoms with van der Waals surface area (Å²) in [6.07, 6.45) is -0.378. The van der Waals surface area contributed by atoms with Crippen LogP contribution in [0.25, 0.3) is 11.1 Å². The van der Waals surface area contributed by atoms with Gasteiger partial charge in [-0.3, -0.25) is 4.79 Å². The van der Waals surface area contributed by atoms with Crippen LogP contribution in [0.3, 0.4) is 0 Å². The molecule has 3 rings (SSSR count). The fraction of sp³-hybridized carbons (Fsp3) is 0.304. The molecule has 1 aliphatic rings. The smallest absolute Gasteiger partial charge is 0.407 e. The van der Waals surface area contributed by atoms with Gasteiger partial charge in [-0.1, -0.05) is 48.5 Å².